The number of rotatable bonds is 6. The van der Waals surface area contributed by atoms with Gasteiger partial charge in [-0.05, 0) is 44.5 Å². The number of hydrogen-bond donors (Lipinski definition) is 1. The molecule has 3 aromatic carbocycles. The molecule has 1 amide bonds. The van der Waals surface area contributed by atoms with Gasteiger partial charge in [-0.25, -0.2) is 9.48 Å². The summed E-state index contributed by atoms with van der Waals surface area (Å²) >= 11 is 0. The minimum atomic E-state index is -0.983. The molecule has 0 saturated heterocycles. The van der Waals surface area contributed by atoms with Crippen molar-refractivity contribution in [3.8, 4) is 16.9 Å². The Hall–Kier alpha value is -4.19. The predicted octanol–water partition coefficient (Wildman–Crippen LogP) is 5.34. The van der Waals surface area contributed by atoms with Crippen LogP contribution in [-0.2, 0) is 9.53 Å². The van der Waals surface area contributed by atoms with Crippen molar-refractivity contribution in [2.45, 2.75) is 26.9 Å². The van der Waals surface area contributed by atoms with Crippen molar-refractivity contribution in [2.24, 2.45) is 0 Å². The number of nitrogens with zero attached hydrogens (tertiary/aromatic N) is 2. The predicted molar refractivity (Wildman–Crippen MR) is 128 cm³/mol. The van der Waals surface area contributed by atoms with Crippen LogP contribution in [0.25, 0.3) is 16.9 Å². The van der Waals surface area contributed by atoms with Crippen molar-refractivity contribution in [1.82, 2.24) is 9.78 Å². The zero-order chi connectivity index (χ0) is 23.4. The van der Waals surface area contributed by atoms with Gasteiger partial charge in [0.25, 0.3) is 5.91 Å². The van der Waals surface area contributed by atoms with Gasteiger partial charge in [0.15, 0.2) is 6.10 Å². The van der Waals surface area contributed by atoms with Crippen molar-refractivity contribution < 1.29 is 14.3 Å². The zero-order valence-electron chi connectivity index (χ0n) is 18.8. The fourth-order valence-corrected chi connectivity index (χ4v) is 3.39. The molecule has 4 aromatic rings. The molecule has 0 spiro atoms. The van der Waals surface area contributed by atoms with Crippen LogP contribution in [0.1, 0.15) is 28.4 Å². The molecule has 1 atom stereocenters. The molecule has 4 rings (SSSR count). The summed E-state index contributed by atoms with van der Waals surface area (Å²) in [6, 6.07) is 24.7. The normalized spacial score (nSPS) is 11.6. The number of nitrogens with one attached hydrogen (secondary N) is 1. The average Bonchev–Trinajstić information content (AvgIpc) is 3.27. The highest BCUT2D eigenvalue weighted by Crippen LogP contribution is 2.25. The van der Waals surface area contributed by atoms with Crippen molar-refractivity contribution in [1.29, 1.82) is 0 Å². The molecule has 1 aromatic heterocycles. The molecule has 33 heavy (non-hydrogen) atoms. The second-order valence-electron chi connectivity index (χ2n) is 7.89. The number of esters is 1. The first-order chi connectivity index (χ1) is 15.9. The Morgan fingerprint density at radius 3 is 2.27 bits per heavy atom. The minimum absolute atomic E-state index is 0.289. The molecule has 0 radical (unpaired) electrons. The zero-order valence-corrected chi connectivity index (χ0v) is 18.8. The van der Waals surface area contributed by atoms with E-state index in [1.165, 1.54) is 0 Å². The Morgan fingerprint density at radius 1 is 0.909 bits per heavy atom. The highest BCUT2D eigenvalue weighted by atomic mass is 16.5. The van der Waals surface area contributed by atoms with Gasteiger partial charge in [-0.1, -0.05) is 66.2 Å². The van der Waals surface area contributed by atoms with Crippen LogP contribution in [0.5, 0.6) is 0 Å². The van der Waals surface area contributed by atoms with Gasteiger partial charge in [0, 0.05) is 17.4 Å². The lowest BCUT2D eigenvalue weighted by molar-refractivity contribution is -0.123. The van der Waals surface area contributed by atoms with Gasteiger partial charge < -0.3 is 10.1 Å². The molecule has 0 saturated carbocycles. The number of para-hydroxylation sites is 1. The molecular weight excluding hydrogens is 414 g/mol. The van der Waals surface area contributed by atoms with Crippen LogP contribution in [0.15, 0.2) is 85.1 Å². The summed E-state index contributed by atoms with van der Waals surface area (Å²) in [5.41, 5.74) is 5.12. The monoisotopic (exact) mass is 439 g/mol. The van der Waals surface area contributed by atoms with Crippen LogP contribution in [0.3, 0.4) is 0 Å². The molecule has 0 bridgehead atoms. The summed E-state index contributed by atoms with van der Waals surface area (Å²) in [5.74, 6) is -1.01. The minimum Gasteiger partial charge on any atom is -0.449 e. The molecular formula is C27H25N3O3. The Morgan fingerprint density at radius 2 is 1.58 bits per heavy atom. The molecule has 0 aliphatic rings. The second-order valence-corrected chi connectivity index (χ2v) is 7.89. The van der Waals surface area contributed by atoms with E-state index in [0.717, 1.165) is 22.4 Å². The Balaban J connectivity index is 1.60. The standard InChI is InChI=1S/C27H25N3O3/c1-18-13-15-22(16-14-18)30-17-23(25(29-30)21-10-5-4-6-11-21)27(32)33-20(3)26(31)28-24-12-8-7-9-19(24)2/h4-17,20H,1-3H3,(H,28,31). The maximum atomic E-state index is 13.1. The molecule has 6 nitrogen and oxygen atoms in total. The number of anilines is 1. The van der Waals surface area contributed by atoms with E-state index in [-0.39, 0.29) is 5.56 Å². The first-order valence-corrected chi connectivity index (χ1v) is 10.7. The van der Waals surface area contributed by atoms with E-state index in [9.17, 15) is 9.59 Å². The van der Waals surface area contributed by atoms with Crippen LogP contribution in [0.4, 0.5) is 5.69 Å². The summed E-state index contributed by atoms with van der Waals surface area (Å²) in [7, 11) is 0. The van der Waals surface area contributed by atoms with Crippen LogP contribution < -0.4 is 5.32 Å². The number of carbonyl (C=O) groups is 2. The third-order valence-corrected chi connectivity index (χ3v) is 5.34. The van der Waals surface area contributed by atoms with E-state index in [1.54, 1.807) is 23.9 Å². The van der Waals surface area contributed by atoms with Gasteiger partial charge in [-0.3, -0.25) is 4.79 Å². The number of amides is 1. The molecule has 166 valence electrons. The summed E-state index contributed by atoms with van der Waals surface area (Å²) in [6.45, 7) is 5.46. The first kappa shape index (κ1) is 22.0. The first-order valence-electron chi connectivity index (χ1n) is 10.7. The Bertz CT molecular complexity index is 1280. The van der Waals surface area contributed by atoms with Crippen LogP contribution >= 0.6 is 0 Å². The van der Waals surface area contributed by atoms with Gasteiger partial charge >= 0.3 is 5.97 Å². The van der Waals surface area contributed by atoms with E-state index in [0.29, 0.717) is 11.4 Å². The van der Waals surface area contributed by atoms with Gasteiger partial charge in [-0.15, -0.1) is 0 Å². The number of benzene rings is 3. The number of aromatic nitrogens is 2. The Labute approximate surface area is 192 Å². The van der Waals surface area contributed by atoms with E-state index in [4.69, 9.17) is 4.74 Å². The third kappa shape index (κ3) is 5.01. The molecule has 0 aliphatic heterocycles. The van der Waals surface area contributed by atoms with E-state index < -0.39 is 18.0 Å². The fourth-order valence-electron chi connectivity index (χ4n) is 3.39. The molecule has 1 unspecified atom stereocenters. The van der Waals surface area contributed by atoms with Gasteiger partial charge in [-0.2, -0.15) is 5.10 Å². The van der Waals surface area contributed by atoms with Crippen molar-refractivity contribution in [2.75, 3.05) is 5.32 Å². The number of carbonyl (C=O) groups excluding carboxylic acids is 2. The quantitative estimate of drug-likeness (QED) is 0.412. The molecule has 1 N–H and O–H groups in total. The summed E-state index contributed by atoms with van der Waals surface area (Å²) in [5, 5.41) is 7.46. The van der Waals surface area contributed by atoms with Gasteiger partial charge in [0.05, 0.1) is 5.69 Å². The molecule has 0 fully saturated rings. The second kappa shape index (κ2) is 9.53. The lowest BCUT2D eigenvalue weighted by Crippen LogP contribution is -2.30. The highest BCUT2D eigenvalue weighted by Gasteiger charge is 2.24. The number of hydrogen-bond acceptors (Lipinski definition) is 4. The van der Waals surface area contributed by atoms with E-state index in [2.05, 4.69) is 10.4 Å². The maximum absolute atomic E-state index is 13.1. The number of ether oxygens (including phenoxy) is 1. The molecule has 0 aliphatic carbocycles. The summed E-state index contributed by atoms with van der Waals surface area (Å²) < 4.78 is 7.19. The summed E-state index contributed by atoms with van der Waals surface area (Å²) in [4.78, 5) is 25.8. The lowest BCUT2D eigenvalue weighted by Gasteiger charge is -2.14. The van der Waals surface area contributed by atoms with Crippen LogP contribution in [-0.4, -0.2) is 27.8 Å². The van der Waals surface area contributed by atoms with Crippen molar-refractivity contribution in [3.05, 3.63) is 102 Å². The topological polar surface area (TPSA) is 73.2 Å². The Kier molecular flexibility index (Phi) is 6.36. The smallest absolute Gasteiger partial charge is 0.342 e. The highest BCUT2D eigenvalue weighted by molar-refractivity contribution is 6.00. The van der Waals surface area contributed by atoms with E-state index in [1.807, 2.05) is 86.6 Å². The molecule has 6 heteroatoms. The maximum Gasteiger partial charge on any atom is 0.342 e. The van der Waals surface area contributed by atoms with Crippen molar-refractivity contribution in [3.63, 3.8) is 0 Å². The third-order valence-electron chi connectivity index (χ3n) is 5.34. The number of aryl methyl sites for hydroxylation is 2. The van der Waals surface area contributed by atoms with Crippen LogP contribution in [0, 0.1) is 13.8 Å². The average molecular weight is 440 g/mol. The largest absolute Gasteiger partial charge is 0.449 e. The summed E-state index contributed by atoms with van der Waals surface area (Å²) in [6.07, 6.45) is 0.657. The SMILES string of the molecule is Cc1ccc(-n2cc(C(=O)OC(C)C(=O)Nc3ccccc3C)c(-c3ccccc3)n2)cc1. The van der Waals surface area contributed by atoms with Crippen molar-refractivity contribution >= 4 is 17.6 Å². The molecule has 1 heterocycles. The van der Waals surface area contributed by atoms with E-state index >= 15 is 0 Å². The van der Waals surface area contributed by atoms with Crippen LogP contribution in [0.2, 0.25) is 0 Å². The van der Waals surface area contributed by atoms with Gasteiger partial charge in [0.1, 0.15) is 11.3 Å². The fraction of sp³-hybridized carbons (Fsp3) is 0.148. The van der Waals surface area contributed by atoms with Gasteiger partial charge in [0.2, 0.25) is 0 Å². The lowest BCUT2D eigenvalue weighted by atomic mass is 10.1.